The van der Waals surface area contributed by atoms with Crippen molar-refractivity contribution in [2.24, 2.45) is 0 Å². The summed E-state index contributed by atoms with van der Waals surface area (Å²) in [7, 11) is 0. The normalized spacial score (nSPS) is 11.3. The van der Waals surface area contributed by atoms with Crippen molar-refractivity contribution in [3.8, 4) is 11.5 Å². The van der Waals surface area contributed by atoms with Crippen LogP contribution in [0, 0.1) is 6.92 Å². The molecule has 0 bridgehead atoms. The summed E-state index contributed by atoms with van der Waals surface area (Å²) in [6.07, 6.45) is 0.566. The maximum atomic E-state index is 11.4. The molecule has 0 aliphatic heterocycles. The maximum Gasteiger partial charge on any atom is 0.308 e. The van der Waals surface area contributed by atoms with Gasteiger partial charge in [0, 0.05) is 18.1 Å². The quantitative estimate of drug-likeness (QED) is 0.515. The first-order valence-electron chi connectivity index (χ1n) is 6.72. The Morgan fingerprint density at radius 3 is 2.30 bits per heavy atom. The summed E-state index contributed by atoms with van der Waals surface area (Å²) in [6, 6.07) is 1.70. The monoisotopic (exact) mass is 276 g/mol. The molecule has 3 nitrogen and oxygen atoms in total. The maximum absolute atomic E-state index is 11.4. The van der Waals surface area contributed by atoms with Crippen molar-refractivity contribution >= 4 is 5.97 Å². The van der Waals surface area contributed by atoms with Crippen LogP contribution >= 0.6 is 0 Å². The molecule has 0 spiro atoms. The van der Waals surface area contributed by atoms with Crippen LogP contribution in [0.1, 0.15) is 51.3 Å². The first kappa shape index (κ1) is 16.3. The number of rotatable bonds is 3. The minimum absolute atomic E-state index is 0.227. The lowest BCUT2D eigenvalue weighted by atomic mass is 9.83. The van der Waals surface area contributed by atoms with Crippen LogP contribution in [-0.4, -0.2) is 11.1 Å². The lowest BCUT2D eigenvalue weighted by Gasteiger charge is -2.25. The van der Waals surface area contributed by atoms with E-state index in [0.717, 1.165) is 22.3 Å². The van der Waals surface area contributed by atoms with Gasteiger partial charge in [0.25, 0.3) is 0 Å². The van der Waals surface area contributed by atoms with Crippen molar-refractivity contribution < 1.29 is 14.6 Å². The van der Waals surface area contributed by atoms with Gasteiger partial charge in [0.2, 0.25) is 0 Å². The average molecular weight is 276 g/mol. The van der Waals surface area contributed by atoms with Crippen LogP contribution in [0.25, 0.3) is 0 Å². The van der Waals surface area contributed by atoms with Crippen LogP contribution < -0.4 is 4.74 Å². The van der Waals surface area contributed by atoms with Crippen LogP contribution in [0.2, 0.25) is 0 Å². The molecule has 0 radical (unpaired) electrons. The van der Waals surface area contributed by atoms with Gasteiger partial charge in [-0.05, 0) is 37.3 Å². The van der Waals surface area contributed by atoms with E-state index in [0.29, 0.717) is 12.2 Å². The molecule has 0 aliphatic rings. The summed E-state index contributed by atoms with van der Waals surface area (Å²) in [4.78, 5) is 11.4. The van der Waals surface area contributed by atoms with E-state index in [-0.39, 0.29) is 17.1 Å². The molecule has 1 aromatic rings. The third-order valence-corrected chi connectivity index (χ3v) is 3.16. The van der Waals surface area contributed by atoms with Crippen molar-refractivity contribution in [3.05, 3.63) is 34.9 Å². The van der Waals surface area contributed by atoms with E-state index in [1.807, 2.05) is 34.6 Å². The van der Waals surface area contributed by atoms with Gasteiger partial charge in [-0.3, -0.25) is 4.79 Å². The number of carbonyl (C=O) groups excluding carboxylic acids is 1. The van der Waals surface area contributed by atoms with Gasteiger partial charge in [-0.25, -0.2) is 0 Å². The molecule has 0 aliphatic carbocycles. The number of ether oxygens (including phenoxy) is 1. The highest BCUT2D eigenvalue weighted by atomic mass is 16.5. The van der Waals surface area contributed by atoms with Gasteiger partial charge in [0.05, 0.1) is 0 Å². The summed E-state index contributed by atoms with van der Waals surface area (Å²) < 4.78 is 5.40. The van der Waals surface area contributed by atoms with Crippen molar-refractivity contribution in [2.45, 2.75) is 53.4 Å². The Bertz CT molecular complexity index is 548. The second kappa shape index (κ2) is 5.70. The van der Waals surface area contributed by atoms with E-state index in [2.05, 4.69) is 6.58 Å². The second-order valence-electron chi connectivity index (χ2n) is 6.35. The largest absolute Gasteiger partial charge is 0.508 e. The first-order valence-corrected chi connectivity index (χ1v) is 6.72. The molecule has 0 unspecified atom stereocenters. The second-order valence-corrected chi connectivity index (χ2v) is 6.35. The third-order valence-electron chi connectivity index (χ3n) is 3.16. The summed E-state index contributed by atoms with van der Waals surface area (Å²) in [6.45, 7) is 15.1. The molecule has 3 heteroatoms. The topological polar surface area (TPSA) is 46.5 Å². The van der Waals surface area contributed by atoms with Crippen molar-refractivity contribution in [2.75, 3.05) is 0 Å². The summed E-state index contributed by atoms with van der Waals surface area (Å²) >= 11 is 0. The van der Waals surface area contributed by atoms with Gasteiger partial charge < -0.3 is 9.84 Å². The van der Waals surface area contributed by atoms with Crippen LogP contribution in [0.5, 0.6) is 11.5 Å². The van der Waals surface area contributed by atoms with E-state index in [9.17, 15) is 9.90 Å². The molecule has 0 aromatic heterocycles. The smallest absolute Gasteiger partial charge is 0.308 e. The number of phenols is 1. The molecule has 0 saturated heterocycles. The Labute approximate surface area is 121 Å². The zero-order valence-corrected chi connectivity index (χ0v) is 13.3. The molecule has 1 N–H and O–H groups in total. The van der Waals surface area contributed by atoms with Gasteiger partial charge >= 0.3 is 5.97 Å². The van der Waals surface area contributed by atoms with Crippen LogP contribution in [0.4, 0.5) is 0 Å². The summed E-state index contributed by atoms with van der Waals surface area (Å²) in [5.41, 5.74) is 3.11. The molecule has 0 amide bonds. The number of benzene rings is 1. The number of phenolic OH excluding ortho intramolecular Hbond substituents is 1. The minimum atomic E-state index is -0.356. The van der Waals surface area contributed by atoms with Crippen molar-refractivity contribution in [1.82, 2.24) is 0 Å². The van der Waals surface area contributed by atoms with Crippen LogP contribution in [0.3, 0.4) is 0 Å². The Morgan fingerprint density at radius 1 is 1.35 bits per heavy atom. The van der Waals surface area contributed by atoms with Crippen molar-refractivity contribution in [3.63, 3.8) is 0 Å². The van der Waals surface area contributed by atoms with E-state index in [1.54, 1.807) is 6.07 Å². The number of aromatic hydroxyl groups is 1. The molecule has 0 heterocycles. The Kier molecular flexibility index (Phi) is 4.64. The van der Waals surface area contributed by atoms with E-state index >= 15 is 0 Å². The Balaban J connectivity index is 3.56. The lowest BCUT2D eigenvalue weighted by molar-refractivity contribution is -0.132. The van der Waals surface area contributed by atoms with Gasteiger partial charge in [-0.15, -0.1) is 0 Å². The number of esters is 1. The molecule has 0 saturated carbocycles. The Hall–Kier alpha value is -1.77. The third kappa shape index (κ3) is 3.62. The number of carbonyl (C=O) groups is 1. The summed E-state index contributed by atoms with van der Waals surface area (Å²) in [5, 5.41) is 10.3. The summed E-state index contributed by atoms with van der Waals surface area (Å²) in [5.74, 6) is 0.427. The zero-order valence-electron chi connectivity index (χ0n) is 13.3. The number of hydrogen-bond acceptors (Lipinski definition) is 3. The highest BCUT2D eigenvalue weighted by Crippen LogP contribution is 2.40. The number of hydrogen-bond donors (Lipinski definition) is 1. The minimum Gasteiger partial charge on any atom is -0.508 e. The molecular formula is C17H24O3. The molecule has 1 aromatic carbocycles. The highest BCUT2D eigenvalue weighted by Gasteiger charge is 2.25. The Morgan fingerprint density at radius 2 is 1.90 bits per heavy atom. The van der Waals surface area contributed by atoms with Crippen molar-refractivity contribution in [1.29, 1.82) is 0 Å². The van der Waals surface area contributed by atoms with Crippen LogP contribution in [-0.2, 0) is 16.6 Å². The molecule has 20 heavy (non-hydrogen) atoms. The number of allylic oxidation sites excluding steroid dienone is 1. The van der Waals surface area contributed by atoms with E-state index in [1.165, 1.54) is 6.92 Å². The first-order chi connectivity index (χ1) is 9.04. The van der Waals surface area contributed by atoms with Gasteiger partial charge in [0.15, 0.2) is 0 Å². The molecule has 0 atom stereocenters. The SMILES string of the molecule is C=C(C)Cc1c(O)cc(C(C)(C)C)c(OC(C)=O)c1C. The van der Waals surface area contributed by atoms with E-state index < -0.39 is 0 Å². The zero-order chi connectivity index (χ0) is 15.7. The van der Waals surface area contributed by atoms with Gasteiger partial charge in [-0.2, -0.15) is 0 Å². The predicted octanol–water partition coefficient (Wildman–Crippen LogP) is 4.04. The van der Waals surface area contributed by atoms with Gasteiger partial charge in [0.1, 0.15) is 11.5 Å². The fourth-order valence-electron chi connectivity index (χ4n) is 2.18. The lowest BCUT2D eigenvalue weighted by Crippen LogP contribution is -2.17. The van der Waals surface area contributed by atoms with E-state index in [4.69, 9.17) is 4.74 Å². The fraction of sp³-hybridized carbons (Fsp3) is 0.471. The predicted molar refractivity (Wildman–Crippen MR) is 81.4 cm³/mol. The fourth-order valence-corrected chi connectivity index (χ4v) is 2.18. The molecule has 110 valence electrons. The molecule has 0 fully saturated rings. The molecular weight excluding hydrogens is 252 g/mol. The highest BCUT2D eigenvalue weighted by molar-refractivity contribution is 5.71. The standard InChI is InChI=1S/C17H24O3/c1-10(2)8-13-11(3)16(20-12(4)18)14(9-15(13)19)17(5,6)7/h9,19H,1,8H2,2-7H3. The average Bonchev–Trinajstić information content (AvgIpc) is 2.25. The van der Waals surface area contributed by atoms with Gasteiger partial charge in [-0.1, -0.05) is 32.9 Å². The van der Waals surface area contributed by atoms with Crippen LogP contribution in [0.15, 0.2) is 18.2 Å². The molecule has 1 rings (SSSR count).